The number of rotatable bonds is 1. The third kappa shape index (κ3) is 1.84. The molecule has 1 saturated heterocycles. The van der Waals surface area contributed by atoms with Crippen molar-refractivity contribution in [1.29, 1.82) is 5.41 Å². The molecule has 0 atom stereocenters. The van der Waals surface area contributed by atoms with Crippen LogP contribution in [0.25, 0.3) is 0 Å². The summed E-state index contributed by atoms with van der Waals surface area (Å²) in [5.41, 5.74) is 8.52. The third-order valence-corrected chi connectivity index (χ3v) is 3.18. The molecule has 0 aromatic carbocycles. The Morgan fingerprint density at radius 1 is 1.29 bits per heavy atom. The van der Waals surface area contributed by atoms with Gasteiger partial charge in [-0.3, -0.25) is 0 Å². The van der Waals surface area contributed by atoms with Gasteiger partial charge in [0.1, 0.15) is 5.82 Å². The second kappa shape index (κ2) is 3.96. The van der Waals surface area contributed by atoms with Crippen molar-refractivity contribution < 1.29 is 4.74 Å². The van der Waals surface area contributed by atoms with Gasteiger partial charge in [0.2, 0.25) is 5.95 Å². The van der Waals surface area contributed by atoms with Gasteiger partial charge in [-0.05, 0) is 0 Å². The highest BCUT2D eigenvalue weighted by atomic mass is 16.5. The van der Waals surface area contributed by atoms with Crippen molar-refractivity contribution in [2.75, 3.05) is 30.3 Å². The number of hydrogen-bond acceptors (Lipinski definition) is 6. The Hall–Kier alpha value is -1.69. The first-order valence-corrected chi connectivity index (χ1v) is 5.78. The molecule has 0 unspecified atom stereocenters. The molecule has 2 aliphatic heterocycles. The zero-order valence-corrected chi connectivity index (χ0v) is 9.57. The van der Waals surface area contributed by atoms with E-state index in [0.29, 0.717) is 25.7 Å². The number of hydrogen-bond donors (Lipinski definition) is 2. The van der Waals surface area contributed by atoms with Crippen LogP contribution in [0.4, 0.5) is 11.8 Å². The van der Waals surface area contributed by atoms with Crippen LogP contribution >= 0.6 is 0 Å². The zero-order chi connectivity index (χ0) is 11.8. The van der Waals surface area contributed by atoms with Gasteiger partial charge in [-0.2, -0.15) is 4.98 Å². The standard InChI is InChI=1S/C11H15N5O/c12-7-1-3-16(5-7)10-8-6-17-4-2-9(8)14-11(13)15-10/h12H,1-6H2,(H2,13,14,15). The molecule has 3 heterocycles. The molecule has 1 fully saturated rings. The number of nitrogens with one attached hydrogen (secondary N) is 1. The minimum Gasteiger partial charge on any atom is -0.376 e. The molecule has 3 rings (SSSR count). The summed E-state index contributed by atoms with van der Waals surface area (Å²) >= 11 is 0. The predicted molar refractivity (Wildman–Crippen MR) is 64.4 cm³/mol. The van der Waals surface area contributed by atoms with Crippen molar-refractivity contribution in [3.63, 3.8) is 0 Å². The Kier molecular flexibility index (Phi) is 2.44. The van der Waals surface area contributed by atoms with E-state index in [-0.39, 0.29) is 0 Å². The maximum atomic E-state index is 7.67. The van der Waals surface area contributed by atoms with Crippen LogP contribution in [-0.2, 0) is 17.8 Å². The van der Waals surface area contributed by atoms with Crippen molar-refractivity contribution in [2.24, 2.45) is 0 Å². The van der Waals surface area contributed by atoms with Crippen molar-refractivity contribution in [3.05, 3.63) is 11.3 Å². The van der Waals surface area contributed by atoms with Crippen molar-refractivity contribution in [1.82, 2.24) is 9.97 Å². The first kappa shape index (κ1) is 10.5. The Morgan fingerprint density at radius 2 is 2.18 bits per heavy atom. The van der Waals surface area contributed by atoms with Crippen LogP contribution in [-0.4, -0.2) is 35.4 Å². The maximum absolute atomic E-state index is 7.67. The molecule has 1 aromatic heterocycles. The SMILES string of the molecule is N=C1CCN(c2nc(N)nc3c2COCC3)C1. The smallest absolute Gasteiger partial charge is 0.222 e. The molecule has 2 aliphatic rings. The Labute approximate surface area is 99.3 Å². The molecule has 6 heteroatoms. The van der Waals surface area contributed by atoms with E-state index in [2.05, 4.69) is 14.9 Å². The summed E-state index contributed by atoms with van der Waals surface area (Å²) in [6, 6.07) is 0. The molecular weight excluding hydrogens is 218 g/mol. The highest BCUT2D eigenvalue weighted by Gasteiger charge is 2.25. The van der Waals surface area contributed by atoms with Gasteiger partial charge in [0.05, 0.1) is 25.5 Å². The lowest BCUT2D eigenvalue weighted by atomic mass is 10.1. The molecule has 1 aromatic rings. The average molecular weight is 233 g/mol. The van der Waals surface area contributed by atoms with Gasteiger partial charge in [0, 0.05) is 30.7 Å². The normalized spacial score (nSPS) is 19.5. The number of nitrogens with two attached hydrogens (primary N) is 1. The zero-order valence-electron chi connectivity index (χ0n) is 9.57. The second-order valence-electron chi connectivity index (χ2n) is 4.41. The van der Waals surface area contributed by atoms with Gasteiger partial charge in [-0.15, -0.1) is 0 Å². The summed E-state index contributed by atoms with van der Waals surface area (Å²) in [5.74, 6) is 1.17. The Balaban J connectivity index is 2.03. The minimum atomic E-state index is 0.319. The molecular formula is C11H15N5O. The second-order valence-corrected chi connectivity index (χ2v) is 4.41. The predicted octanol–water partition coefficient (Wildman–Crippen LogP) is 0.361. The first-order chi connectivity index (χ1) is 8.24. The van der Waals surface area contributed by atoms with E-state index >= 15 is 0 Å². The molecule has 3 N–H and O–H groups in total. The fourth-order valence-corrected chi connectivity index (χ4v) is 2.33. The van der Waals surface area contributed by atoms with Crippen molar-refractivity contribution >= 4 is 17.5 Å². The molecule has 0 spiro atoms. The molecule has 0 saturated carbocycles. The lowest BCUT2D eigenvalue weighted by molar-refractivity contribution is 0.109. The molecule has 0 bridgehead atoms. The molecule has 6 nitrogen and oxygen atoms in total. The van der Waals surface area contributed by atoms with Gasteiger partial charge in [0.15, 0.2) is 0 Å². The van der Waals surface area contributed by atoms with Gasteiger partial charge >= 0.3 is 0 Å². The summed E-state index contributed by atoms with van der Waals surface area (Å²) in [5, 5.41) is 7.67. The molecule has 17 heavy (non-hydrogen) atoms. The van der Waals surface area contributed by atoms with E-state index in [1.807, 2.05) is 0 Å². The topological polar surface area (TPSA) is 88.1 Å². The van der Waals surface area contributed by atoms with E-state index in [1.54, 1.807) is 0 Å². The lowest BCUT2D eigenvalue weighted by Crippen LogP contribution is -2.26. The Bertz CT molecular complexity index is 473. The quantitative estimate of drug-likeness (QED) is 0.731. The van der Waals surface area contributed by atoms with E-state index in [4.69, 9.17) is 15.9 Å². The van der Waals surface area contributed by atoms with Gasteiger partial charge in [0.25, 0.3) is 0 Å². The maximum Gasteiger partial charge on any atom is 0.222 e. The highest BCUT2D eigenvalue weighted by Crippen LogP contribution is 2.27. The molecule has 0 amide bonds. The van der Waals surface area contributed by atoms with Crippen LogP contribution in [0.5, 0.6) is 0 Å². The van der Waals surface area contributed by atoms with Crippen LogP contribution in [0.3, 0.4) is 0 Å². The van der Waals surface area contributed by atoms with Crippen LogP contribution < -0.4 is 10.6 Å². The summed E-state index contributed by atoms with van der Waals surface area (Å²) in [6.07, 6.45) is 1.60. The molecule has 0 aliphatic carbocycles. The first-order valence-electron chi connectivity index (χ1n) is 5.78. The molecule has 0 radical (unpaired) electrons. The molecule has 90 valence electrons. The number of nitrogen functional groups attached to an aromatic ring is 1. The summed E-state index contributed by atoms with van der Waals surface area (Å²) in [4.78, 5) is 10.7. The minimum absolute atomic E-state index is 0.319. The monoisotopic (exact) mass is 233 g/mol. The fraction of sp³-hybridized carbons (Fsp3) is 0.545. The van der Waals surface area contributed by atoms with E-state index < -0.39 is 0 Å². The van der Waals surface area contributed by atoms with Crippen LogP contribution in [0.15, 0.2) is 0 Å². The number of ether oxygens (including phenoxy) is 1. The van der Waals surface area contributed by atoms with Gasteiger partial charge < -0.3 is 20.8 Å². The third-order valence-electron chi connectivity index (χ3n) is 3.18. The van der Waals surface area contributed by atoms with Gasteiger partial charge in [-0.25, -0.2) is 4.98 Å². The summed E-state index contributed by atoms with van der Waals surface area (Å²) in [6.45, 7) is 2.72. The van der Waals surface area contributed by atoms with Crippen LogP contribution in [0.1, 0.15) is 17.7 Å². The van der Waals surface area contributed by atoms with Gasteiger partial charge in [-0.1, -0.05) is 0 Å². The van der Waals surface area contributed by atoms with Crippen LogP contribution in [0.2, 0.25) is 0 Å². The van der Waals surface area contributed by atoms with E-state index in [1.165, 1.54) is 0 Å². The van der Waals surface area contributed by atoms with E-state index in [9.17, 15) is 0 Å². The summed E-state index contributed by atoms with van der Waals surface area (Å²) in [7, 11) is 0. The number of aromatic nitrogens is 2. The number of fused-ring (bicyclic) bond motifs is 1. The Morgan fingerprint density at radius 3 is 2.94 bits per heavy atom. The number of nitrogens with zero attached hydrogens (tertiary/aromatic N) is 3. The highest BCUT2D eigenvalue weighted by molar-refractivity contribution is 5.89. The van der Waals surface area contributed by atoms with Crippen molar-refractivity contribution in [2.45, 2.75) is 19.4 Å². The van der Waals surface area contributed by atoms with Crippen molar-refractivity contribution in [3.8, 4) is 0 Å². The largest absolute Gasteiger partial charge is 0.376 e. The van der Waals surface area contributed by atoms with E-state index in [0.717, 1.165) is 42.2 Å². The van der Waals surface area contributed by atoms with Crippen LogP contribution in [0, 0.1) is 5.41 Å². The lowest BCUT2D eigenvalue weighted by Gasteiger charge is -2.24. The summed E-state index contributed by atoms with van der Waals surface area (Å²) < 4.78 is 5.46. The average Bonchev–Trinajstić information content (AvgIpc) is 2.74. The number of anilines is 2. The fourth-order valence-electron chi connectivity index (χ4n) is 2.33.